The summed E-state index contributed by atoms with van der Waals surface area (Å²) in [5.74, 6) is 0.573. The van der Waals surface area contributed by atoms with E-state index in [1.165, 1.54) is 5.56 Å². The minimum absolute atomic E-state index is 0.0938. The molecule has 3 heterocycles. The summed E-state index contributed by atoms with van der Waals surface area (Å²) in [7, 11) is 0. The van der Waals surface area contributed by atoms with Gasteiger partial charge in [0, 0.05) is 18.3 Å². The molecule has 0 unspecified atom stereocenters. The molecule has 1 aliphatic rings. The number of rotatable bonds is 2. The number of benzene rings is 1. The van der Waals surface area contributed by atoms with Gasteiger partial charge in [0.1, 0.15) is 11.4 Å². The van der Waals surface area contributed by atoms with Crippen LogP contribution in [0.4, 0.5) is 0 Å². The van der Waals surface area contributed by atoms with Crippen molar-refractivity contribution in [1.29, 1.82) is 0 Å². The zero-order valence-electron chi connectivity index (χ0n) is 13.6. The van der Waals surface area contributed by atoms with E-state index >= 15 is 0 Å². The lowest BCUT2D eigenvalue weighted by molar-refractivity contribution is 0.0924. The molecule has 0 spiro atoms. The summed E-state index contributed by atoms with van der Waals surface area (Å²) in [6, 6.07) is 9.81. The maximum Gasteiger partial charge on any atom is 0.269 e. The monoisotopic (exact) mass is 319 g/mol. The molecule has 0 bridgehead atoms. The Labute approximate surface area is 139 Å². The minimum Gasteiger partial charge on any atom is -0.349 e. The average molecular weight is 319 g/mol. The molecule has 0 radical (unpaired) electrons. The van der Waals surface area contributed by atoms with Crippen LogP contribution < -0.4 is 5.32 Å². The summed E-state index contributed by atoms with van der Waals surface area (Å²) in [6.45, 7) is 5.40. The first kappa shape index (κ1) is 14.6. The molecule has 120 valence electrons. The molecule has 0 fully saturated rings. The SMILES string of the molecule is Cc1ccc(-c2nccc(-c3cc4n(n3)CCNC4=O)n2)c(C)c1. The molecule has 3 aromatic rings. The van der Waals surface area contributed by atoms with Crippen molar-refractivity contribution in [3.8, 4) is 22.8 Å². The number of fused-ring (bicyclic) bond motifs is 1. The van der Waals surface area contributed by atoms with Crippen LogP contribution in [0.3, 0.4) is 0 Å². The Hall–Kier alpha value is -3.02. The number of hydrogen-bond donors (Lipinski definition) is 1. The van der Waals surface area contributed by atoms with Gasteiger partial charge in [0.2, 0.25) is 0 Å². The van der Waals surface area contributed by atoms with Gasteiger partial charge >= 0.3 is 0 Å². The van der Waals surface area contributed by atoms with Crippen LogP contribution in [0.15, 0.2) is 36.5 Å². The van der Waals surface area contributed by atoms with Gasteiger partial charge in [0.15, 0.2) is 5.82 Å². The van der Waals surface area contributed by atoms with Crippen molar-refractivity contribution in [2.45, 2.75) is 20.4 Å². The topological polar surface area (TPSA) is 72.7 Å². The molecule has 6 heteroatoms. The maximum absolute atomic E-state index is 11.9. The van der Waals surface area contributed by atoms with Crippen LogP contribution in [0, 0.1) is 13.8 Å². The van der Waals surface area contributed by atoms with Gasteiger partial charge in [-0.1, -0.05) is 23.8 Å². The zero-order valence-corrected chi connectivity index (χ0v) is 13.6. The van der Waals surface area contributed by atoms with Crippen LogP contribution in [0.5, 0.6) is 0 Å². The van der Waals surface area contributed by atoms with E-state index in [-0.39, 0.29) is 5.91 Å². The fourth-order valence-corrected chi connectivity index (χ4v) is 2.96. The van der Waals surface area contributed by atoms with E-state index in [2.05, 4.69) is 46.4 Å². The molecule has 1 aromatic carbocycles. The maximum atomic E-state index is 11.9. The Bertz CT molecular complexity index is 944. The highest BCUT2D eigenvalue weighted by atomic mass is 16.2. The highest BCUT2D eigenvalue weighted by Gasteiger charge is 2.20. The van der Waals surface area contributed by atoms with E-state index in [4.69, 9.17) is 0 Å². The molecule has 0 aliphatic carbocycles. The third-order valence-electron chi connectivity index (χ3n) is 4.16. The minimum atomic E-state index is -0.0938. The number of carbonyl (C=O) groups is 1. The van der Waals surface area contributed by atoms with E-state index in [9.17, 15) is 4.79 Å². The number of nitrogens with one attached hydrogen (secondary N) is 1. The van der Waals surface area contributed by atoms with Crippen LogP contribution >= 0.6 is 0 Å². The van der Waals surface area contributed by atoms with Gasteiger partial charge in [-0.2, -0.15) is 5.10 Å². The first-order valence-electron chi connectivity index (χ1n) is 7.89. The Morgan fingerprint density at radius 2 is 2.00 bits per heavy atom. The van der Waals surface area contributed by atoms with Crippen LogP contribution in [0.1, 0.15) is 21.6 Å². The number of hydrogen-bond acceptors (Lipinski definition) is 4. The fourth-order valence-electron chi connectivity index (χ4n) is 2.96. The number of aryl methyl sites for hydroxylation is 2. The number of amides is 1. The molecule has 1 aliphatic heterocycles. The van der Waals surface area contributed by atoms with Crippen LogP contribution in [0.2, 0.25) is 0 Å². The third kappa shape index (κ3) is 2.46. The second-order valence-corrected chi connectivity index (χ2v) is 5.98. The lowest BCUT2D eigenvalue weighted by Crippen LogP contribution is -2.35. The Balaban J connectivity index is 1.77. The highest BCUT2D eigenvalue weighted by molar-refractivity contribution is 5.94. The second-order valence-electron chi connectivity index (χ2n) is 5.98. The number of aromatic nitrogens is 4. The van der Waals surface area contributed by atoms with Gasteiger partial charge in [-0.3, -0.25) is 9.48 Å². The van der Waals surface area contributed by atoms with E-state index < -0.39 is 0 Å². The van der Waals surface area contributed by atoms with Crippen molar-refractivity contribution >= 4 is 5.91 Å². The van der Waals surface area contributed by atoms with Crippen molar-refractivity contribution in [1.82, 2.24) is 25.1 Å². The molecule has 0 saturated carbocycles. The van der Waals surface area contributed by atoms with E-state index in [1.807, 2.05) is 12.1 Å². The molecule has 1 amide bonds. The van der Waals surface area contributed by atoms with Gasteiger partial charge in [-0.25, -0.2) is 9.97 Å². The zero-order chi connectivity index (χ0) is 16.7. The van der Waals surface area contributed by atoms with Crippen molar-refractivity contribution in [3.63, 3.8) is 0 Å². The molecule has 0 saturated heterocycles. The number of carbonyl (C=O) groups excluding carboxylic acids is 1. The summed E-state index contributed by atoms with van der Waals surface area (Å²) < 4.78 is 1.73. The molecule has 4 rings (SSSR count). The van der Waals surface area contributed by atoms with Crippen LogP contribution in [0.25, 0.3) is 22.8 Å². The predicted molar refractivity (Wildman–Crippen MR) is 90.5 cm³/mol. The average Bonchev–Trinajstić information content (AvgIpc) is 3.01. The van der Waals surface area contributed by atoms with Crippen molar-refractivity contribution < 1.29 is 4.79 Å². The van der Waals surface area contributed by atoms with Crippen LogP contribution in [-0.2, 0) is 6.54 Å². The standard InChI is InChI=1S/C18H17N5O/c1-11-3-4-13(12(2)9-11)17-19-6-5-14(21-17)15-10-16-18(24)20-7-8-23(16)22-15/h3-6,9-10H,7-8H2,1-2H3,(H,20,24). The van der Waals surface area contributed by atoms with E-state index in [0.717, 1.165) is 16.8 Å². The van der Waals surface area contributed by atoms with Gasteiger partial charge in [-0.05, 0) is 31.5 Å². The van der Waals surface area contributed by atoms with E-state index in [0.29, 0.717) is 30.3 Å². The van der Waals surface area contributed by atoms with Crippen molar-refractivity contribution in [2.75, 3.05) is 6.54 Å². The Kier molecular flexibility index (Phi) is 3.37. The molecule has 24 heavy (non-hydrogen) atoms. The van der Waals surface area contributed by atoms with Crippen molar-refractivity contribution in [2.24, 2.45) is 0 Å². The largest absolute Gasteiger partial charge is 0.349 e. The first-order valence-corrected chi connectivity index (χ1v) is 7.89. The quantitative estimate of drug-likeness (QED) is 0.787. The third-order valence-corrected chi connectivity index (χ3v) is 4.16. The molecular weight excluding hydrogens is 302 g/mol. The normalized spacial score (nSPS) is 13.5. The summed E-state index contributed by atoms with van der Waals surface area (Å²) in [5, 5.41) is 7.33. The highest BCUT2D eigenvalue weighted by Crippen LogP contribution is 2.24. The summed E-state index contributed by atoms with van der Waals surface area (Å²) in [5.41, 5.74) is 5.33. The van der Waals surface area contributed by atoms with Gasteiger partial charge in [0.05, 0.1) is 12.2 Å². The van der Waals surface area contributed by atoms with Crippen LogP contribution in [-0.4, -0.2) is 32.2 Å². The van der Waals surface area contributed by atoms with Gasteiger partial charge < -0.3 is 5.32 Å². The first-order chi connectivity index (χ1) is 11.6. The molecule has 0 atom stereocenters. The fraction of sp³-hybridized carbons (Fsp3) is 0.222. The second kappa shape index (κ2) is 5.56. The summed E-state index contributed by atoms with van der Waals surface area (Å²) in [6.07, 6.45) is 1.73. The predicted octanol–water partition coefficient (Wildman–Crippen LogP) is 2.37. The molecule has 6 nitrogen and oxygen atoms in total. The molecule has 1 N–H and O–H groups in total. The van der Waals surface area contributed by atoms with E-state index in [1.54, 1.807) is 16.9 Å². The lowest BCUT2D eigenvalue weighted by atomic mass is 10.1. The molecule has 2 aromatic heterocycles. The van der Waals surface area contributed by atoms with Gasteiger partial charge in [0.25, 0.3) is 5.91 Å². The Morgan fingerprint density at radius 3 is 2.79 bits per heavy atom. The number of nitrogens with zero attached hydrogens (tertiary/aromatic N) is 4. The Morgan fingerprint density at radius 1 is 1.12 bits per heavy atom. The van der Waals surface area contributed by atoms with Gasteiger partial charge in [-0.15, -0.1) is 0 Å². The molecular formula is C18H17N5O. The smallest absolute Gasteiger partial charge is 0.269 e. The lowest BCUT2D eigenvalue weighted by Gasteiger charge is -2.13. The summed E-state index contributed by atoms with van der Waals surface area (Å²) >= 11 is 0. The summed E-state index contributed by atoms with van der Waals surface area (Å²) in [4.78, 5) is 20.9. The van der Waals surface area contributed by atoms with Crippen molar-refractivity contribution in [3.05, 3.63) is 53.3 Å².